The fourth-order valence-corrected chi connectivity index (χ4v) is 2.19. The number of rotatable bonds is 4. The Kier molecular flexibility index (Phi) is 3.33. The summed E-state index contributed by atoms with van der Waals surface area (Å²) in [6, 6.07) is 7.95. The highest BCUT2D eigenvalue weighted by atomic mass is 16.6. The van der Waals surface area contributed by atoms with Gasteiger partial charge in [-0.1, -0.05) is 12.1 Å². The van der Waals surface area contributed by atoms with Gasteiger partial charge in [0.15, 0.2) is 5.52 Å². The number of hydrogen-bond acceptors (Lipinski definition) is 8. The average molecular weight is 315 g/mol. The molecule has 0 saturated heterocycles. The Balaban J connectivity index is 2.24. The van der Waals surface area contributed by atoms with E-state index in [4.69, 9.17) is 0 Å². The fraction of sp³-hybridized carbons (Fsp3) is 0.0769. The molecular formula is C13H9N5O5. The first kappa shape index (κ1) is 14.4. The second kappa shape index (κ2) is 5.33. The molecule has 0 amide bonds. The molecule has 0 atom stereocenters. The molecule has 10 heteroatoms. The minimum atomic E-state index is -0.768. The summed E-state index contributed by atoms with van der Waals surface area (Å²) >= 11 is 0. The maximum absolute atomic E-state index is 11.3. The van der Waals surface area contributed by atoms with E-state index in [-0.39, 0.29) is 16.7 Å². The lowest BCUT2D eigenvalue weighted by Gasteiger charge is -2.08. The molecule has 2 aromatic carbocycles. The van der Waals surface area contributed by atoms with Crippen molar-refractivity contribution in [3.05, 3.63) is 56.1 Å². The van der Waals surface area contributed by atoms with Crippen LogP contribution < -0.4 is 5.32 Å². The van der Waals surface area contributed by atoms with Crippen LogP contribution in [-0.2, 0) is 0 Å². The highest BCUT2D eigenvalue weighted by Crippen LogP contribution is 2.39. The highest BCUT2D eigenvalue weighted by molar-refractivity contribution is 6.00. The molecule has 116 valence electrons. The maximum Gasteiger partial charge on any atom is 0.307 e. The van der Waals surface area contributed by atoms with Gasteiger partial charge >= 0.3 is 11.4 Å². The van der Waals surface area contributed by atoms with Crippen LogP contribution in [0.1, 0.15) is 5.56 Å². The van der Waals surface area contributed by atoms with Gasteiger partial charge in [-0.3, -0.25) is 20.2 Å². The molecule has 0 unspecified atom stereocenters. The molecule has 10 nitrogen and oxygen atoms in total. The SMILES string of the molecule is Cc1cccc(Nc2c([N+](=O)[O-])cc([N+](=O)[O-])c3nonc23)c1. The van der Waals surface area contributed by atoms with Gasteiger partial charge in [0, 0.05) is 5.69 Å². The van der Waals surface area contributed by atoms with Crippen LogP contribution in [0.15, 0.2) is 35.0 Å². The molecule has 3 rings (SSSR count). The van der Waals surface area contributed by atoms with Crippen LogP contribution in [0.3, 0.4) is 0 Å². The summed E-state index contributed by atoms with van der Waals surface area (Å²) in [6.45, 7) is 1.86. The third kappa shape index (κ3) is 2.52. The van der Waals surface area contributed by atoms with Crippen LogP contribution in [-0.4, -0.2) is 20.2 Å². The molecule has 0 radical (unpaired) electrons. The van der Waals surface area contributed by atoms with E-state index in [0.29, 0.717) is 5.69 Å². The van der Waals surface area contributed by atoms with Crippen LogP contribution in [0.5, 0.6) is 0 Å². The summed E-state index contributed by atoms with van der Waals surface area (Å²) in [5, 5.41) is 32.2. The fourth-order valence-electron chi connectivity index (χ4n) is 2.19. The number of nitro benzene ring substituents is 2. The van der Waals surface area contributed by atoms with Crippen molar-refractivity contribution in [1.29, 1.82) is 0 Å². The number of aryl methyl sites for hydroxylation is 1. The molecule has 0 fully saturated rings. The molecule has 0 aliphatic rings. The van der Waals surface area contributed by atoms with Crippen molar-refractivity contribution in [2.75, 3.05) is 5.32 Å². The van der Waals surface area contributed by atoms with E-state index >= 15 is 0 Å². The van der Waals surface area contributed by atoms with Crippen LogP contribution in [0.25, 0.3) is 11.0 Å². The maximum atomic E-state index is 11.3. The molecule has 23 heavy (non-hydrogen) atoms. The van der Waals surface area contributed by atoms with Gasteiger partial charge in [0.1, 0.15) is 5.69 Å². The lowest BCUT2D eigenvalue weighted by molar-refractivity contribution is -0.392. The molecule has 0 aliphatic heterocycles. The molecule has 1 heterocycles. The van der Waals surface area contributed by atoms with Crippen molar-refractivity contribution in [2.24, 2.45) is 0 Å². The number of anilines is 2. The molecule has 1 N–H and O–H groups in total. The van der Waals surface area contributed by atoms with E-state index in [9.17, 15) is 20.2 Å². The molecule has 0 spiro atoms. The largest absolute Gasteiger partial charge is 0.348 e. The van der Waals surface area contributed by atoms with Gasteiger partial charge in [0.25, 0.3) is 0 Å². The molecule has 0 saturated carbocycles. The van der Waals surface area contributed by atoms with E-state index in [2.05, 4.69) is 20.3 Å². The number of fused-ring (bicyclic) bond motifs is 1. The van der Waals surface area contributed by atoms with Gasteiger partial charge in [0.05, 0.1) is 15.9 Å². The first-order chi connectivity index (χ1) is 11.0. The highest BCUT2D eigenvalue weighted by Gasteiger charge is 2.29. The van der Waals surface area contributed by atoms with Crippen molar-refractivity contribution in [3.8, 4) is 0 Å². The topological polar surface area (TPSA) is 137 Å². The van der Waals surface area contributed by atoms with Gasteiger partial charge < -0.3 is 5.32 Å². The summed E-state index contributed by atoms with van der Waals surface area (Å²) in [6.07, 6.45) is 0. The van der Waals surface area contributed by atoms with Crippen molar-refractivity contribution < 1.29 is 14.5 Å². The normalized spacial score (nSPS) is 10.7. The summed E-state index contributed by atoms with van der Waals surface area (Å²) in [4.78, 5) is 20.8. The Morgan fingerprint density at radius 3 is 2.39 bits per heavy atom. The van der Waals surface area contributed by atoms with Crippen LogP contribution >= 0.6 is 0 Å². The van der Waals surface area contributed by atoms with E-state index in [1.165, 1.54) is 0 Å². The zero-order valence-electron chi connectivity index (χ0n) is 11.7. The van der Waals surface area contributed by atoms with Gasteiger partial charge in [-0.25, -0.2) is 4.63 Å². The molecule has 3 aromatic rings. The zero-order chi connectivity index (χ0) is 16.6. The lowest BCUT2D eigenvalue weighted by atomic mass is 10.1. The molecule has 0 bridgehead atoms. The lowest BCUT2D eigenvalue weighted by Crippen LogP contribution is -2.01. The van der Waals surface area contributed by atoms with Gasteiger partial charge in [-0.2, -0.15) is 0 Å². The van der Waals surface area contributed by atoms with Gasteiger partial charge in [-0.05, 0) is 34.9 Å². The standard InChI is InChI=1S/C13H9N5O5/c1-7-3-2-4-8(5-7)14-11-9(17(19)20)6-10(18(21)22)12-13(11)16-23-15-12/h2-6,14H,1H3. The Morgan fingerprint density at radius 1 is 1.04 bits per heavy atom. The van der Waals surface area contributed by atoms with E-state index < -0.39 is 21.2 Å². The van der Waals surface area contributed by atoms with Crippen LogP contribution in [0, 0.1) is 27.2 Å². The summed E-state index contributed by atoms with van der Waals surface area (Å²) in [7, 11) is 0. The molecule has 1 aromatic heterocycles. The van der Waals surface area contributed by atoms with Gasteiger partial charge in [-0.15, -0.1) is 0 Å². The second-order valence-electron chi connectivity index (χ2n) is 4.76. The molecule has 0 aliphatic carbocycles. The van der Waals surface area contributed by atoms with E-state index in [1.807, 2.05) is 13.0 Å². The minimum absolute atomic E-state index is 0.0116. The first-order valence-electron chi connectivity index (χ1n) is 6.39. The number of hydrogen-bond donors (Lipinski definition) is 1. The van der Waals surface area contributed by atoms with Crippen molar-refractivity contribution in [3.63, 3.8) is 0 Å². The predicted octanol–water partition coefficient (Wildman–Crippen LogP) is 3.09. The number of nitro groups is 2. The van der Waals surface area contributed by atoms with E-state index in [0.717, 1.165) is 11.6 Å². The first-order valence-corrected chi connectivity index (χ1v) is 6.39. The van der Waals surface area contributed by atoms with Crippen LogP contribution in [0.4, 0.5) is 22.7 Å². The summed E-state index contributed by atoms with van der Waals surface area (Å²) in [5.74, 6) is 0. The molecular weight excluding hydrogens is 306 g/mol. The Bertz CT molecular complexity index is 936. The zero-order valence-corrected chi connectivity index (χ0v) is 11.7. The summed E-state index contributed by atoms with van der Waals surface area (Å²) in [5.41, 5.74) is 0.245. The van der Waals surface area contributed by atoms with Crippen molar-refractivity contribution in [2.45, 2.75) is 6.92 Å². The number of nitrogens with zero attached hydrogens (tertiary/aromatic N) is 4. The van der Waals surface area contributed by atoms with Crippen molar-refractivity contribution >= 4 is 33.8 Å². The minimum Gasteiger partial charge on any atom is -0.348 e. The van der Waals surface area contributed by atoms with Crippen molar-refractivity contribution in [1.82, 2.24) is 10.3 Å². The predicted molar refractivity (Wildman–Crippen MR) is 79.6 cm³/mol. The Hall–Kier alpha value is -3.56. The third-order valence-corrected chi connectivity index (χ3v) is 3.18. The quantitative estimate of drug-likeness (QED) is 0.572. The number of non-ortho nitro benzene ring substituents is 1. The second-order valence-corrected chi connectivity index (χ2v) is 4.76. The average Bonchev–Trinajstić information content (AvgIpc) is 2.96. The summed E-state index contributed by atoms with van der Waals surface area (Å²) < 4.78 is 4.53. The Morgan fingerprint density at radius 2 is 1.74 bits per heavy atom. The van der Waals surface area contributed by atoms with Gasteiger partial charge in [0.2, 0.25) is 5.52 Å². The number of benzene rings is 2. The van der Waals surface area contributed by atoms with Crippen LogP contribution in [0.2, 0.25) is 0 Å². The Labute approximate surface area is 128 Å². The monoisotopic (exact) mass is 315 g/mol. The third-order valence-electron chi connectivity index (χ3n) is 3.18. The number of nitrogens with one attached hydrogen (secondary N) is 1. The smallest absolute Gasteiger partial charge is 0.307 e. The van der Waals surface area contributed by atoms with E-state index in [1.54, 1.807) is 18.2 Å². The number of aromatic nitrogens is 2.